The molecule has 1 atom stereocenters. The van der Waals surface area contributed by atoms with Crippen molar-refractivity contribution < 1.29 is 32.3 Å². The van der Waals surface area contributed by atoms with E-state index in [2.05, 4.69) is 0 Å². The average Bonchev–Trinajstić information content (AvgIpc) is 2.67. The molecular weight excluding hydrogens is 399 g/mol. The molecule has 0 saturated carbocycles. The summed E-state index contributed by atoms with van der Waals surface area (Å²) in [5.74, 6) is -6.78. The molecule has 0 radical (unpaired) electrons. The molecule has 0 saturated heterocycles. The summed E-state index contributed by atoms with van der Waals surface area (Å²) in [6.45, 7) is 1.21. The summed E-state index contributed by atoms with van der Waals surface area (Å²) < 4.78 is 44.5. The van der Waals surface area contributed by atoms with Gasteiger partial charge < -0.3 is 10.1 Å². The minimum atomic E-state index is -1.73. The van der Waals surface area contributed by atoms with Crippen molar-refractivity contribution in [3.05, 3.63) is 64.4 Å². The second kappa shape index (κ2) is 9.36. The molecule has 0 unspecified atom stereocenters. The van der Waals surface area contributed by atoms with Crippen molar-refractivity contribution >= 4 is 34.9 Å². The van der Waals surface area contributed by atoms with Crippen molar-refractivity contribution in [3.63, 3.8) is 0 Å². The van der Waals surface area contributed by atoms with Crippen LogP contribution in [0.2, 0.25) is 5.02 Å². The molecule has 0 heterocycles. The highest BCUT2D eigenvalue weighted by atomic mass is 35.5. The summed E-state index contributed by atoms with van der Waals surface area (Å²) in [5, 5.41) is 2.47. The zero-order valence-corrected chi connectivity index (χ0v) is 15.4. The van der Waals surface area contributed by atoms with Crippen LogP contribution in [0.15, 0.2) is 36.4 Å². The number of esters is 1. The fourth-order valence-electron chi connectivity index (χ4n) is 2.16. The van der Waals surface area contributed by atoms with E-state index in [0.29, 0.717) is 16.7 Å². The van der Waals surface area contributed by atoms with E-state index >= 15 is 0 Å². The lowest BCUT2D eigenvalue weighted by Gasteiger charge is -2.14. The molecule has 5 nitrogen and oxygen atoms in total. The Hall–Kier alpha value is -2.87. The second-order valence-corrected chi connectivity index (χ2v) is 6.21. The summed E-state index contributed by atoms with van der Waals surface area (Å²) in [5.41, 5.74) is -0.221. The summed E-state index contributed by atoms with van der Waals surface area (Å²) in [4.78, 5) is 35.7. The van der Waals surface area contributed by atoms with Gasteiger partial charge in [0.05, 0.1) is 12.1 Å². The molecule has 0 bridgehead atoms. The minimum Gasteiger partial charge on any atom is -0.453 e. The first-order valence-electron chi connectivity index (χ1n) is 8.11. The van der Waals surface area contributed by atoms with Crippen LogP contribution in [0.25, 0.3) is 0 Å². The van der Waals surface area contributed by atoms with Crippen molar-refractivity contribution in [1.29, 1.82) is 0 Å². The zero-order valence-electron chi connectivity index (χ0n) is 14.6. The molecule has 0 fully saturated rings. The number of Topliss-reactive ketones (excluding diaryl/α,β-unsaturated/α-hetero) is 1. The number of halogens is 4. The molecule has 28 heavy (non-hydrogen) atoms. The van der Waals surface area contributed by atoms with E-state index in [-0.39, 0.29) is 18.6 Å². The molecule has 0 aliphatic heterocycles. The number of nitrogens with one attached hydrogen (secondary N) is 1. The summed E-state index contributed by atoms with van der Waals surface area (Å²) in [6, 6.07) is 7.59. The number of ketones is 1. The Morgan fingerprint density at radius 1 is 1.00 bits per heavy atom. The number of hydrogen-bond acceptors (Lipinski definition) is 4. The fourth-order valence-corrected chi connectivity index (χ4v) is 2.29. The van der Waals surface area contributed by atoms with Crippen molar-refractivity contribution in [2.45, 2.75) is 25.9 Å². The SMILES string of the molecule is C[C@H](OC(=O)CCC(=O)c1ccc(Cl)cc1)C(=O)Nc1ccc(F)c(F)c1F. The quantitative estimate of drug-likeness (QED) is 0.417. The highest BCUT2D eigenvalue weighted by Gasteiger charge is 2.21. The number of carbonyl (C=O) groups is 3. The number of rotatable bonds is 7. The topological polar surface area (TPSA) is 72.5 Å². The number of hydrogen-bond donors (Lipinski definition) is 1. The second-order valence-electron chi connectivity index (χ2n) is 5.77. The molecule has 0 aliphatic rings. The number of benzene rings is 2. The zero-order chi connectivity index (χ0) is 20.8. The molecule has 1 N–H and O–H groups in total. The molecule has 1 amide bonds. The highest BCUT2D eigenvalue weighted by molar-refractivity contribution is 6.30. The van der Waals surface area contributed by atoms with Gasteiger partial charge in [-0.05, 0) is 43.3 Å². The number of amides is 1. The lowest BCUT2D eigenvalue weighted by atomic mass is 10.1. The van der Waals surface area contributed by atoms with Gasteiger partial charge in [0.15, 0.2) is 29.3 Å². The Labute approximate surface area is 163 Å². The molecule has 2 rings (SSSR count). The summed E-state index contributed by atoms with van der Waals surface area (Å²) in [6.07, 6.45) is -1.77. The third kappa shape index (κ3) is 5.56. The minimum absolute atomic E-state index is 0.146. The standard InChI is InChI=1S/C19H15ClF3NO4/c1-10(19(27)24-14-7-6-13(21)17(22)18(14)23)28-16(26)9-8-15(25)11-2-4-12(20)5-3-11/h2-7,10H,8-9H2,1H3,(H,24,27)/t10-/m0/s1. The van der Waals surface area contributed by atoms with E-state index in [1.807, 2.05) is 5.32 Å². The Morgan fingerprint density at radius 3 is 2.29 bits per heavy atom. The molecule has 0 aromatic heterocycles. The van der Waals surface area contributed by atoms with Gasteiger partial charge in [-0.15, -0.1) is 0 Å². The van der Waals surface area contributed by atoms with Crippen LogP contribution in [0.5, 0.6) is 0 Å². The van der Waals surface area contributed by atoms with Gasteiger partial charge in [0, 0.05) is 17.0 Å². The molecule has 0 spiro atoms. The van der Waals surface area contributed by atoms with Gasteiger partial charge in [0.25, 0.3) is 5.91 Å². The number of carbonyl (C=O) groups excluding carboxylic acids is 3. The summed E-state index contributed by atoms with van der Waals surface area (Å²) >= 11 is 5.73. The molecule has 2 aromatic rings. The maximum absolute atomic E-state index is 13.6. The Kier molecular flexibility index (Phi) is 7.17. The van der Waals surface area contributed by atoms with Crippen LogP contribution in [0.3, 0.4) is 0 Å². The van der Waals surface area contributed by atoms with E-state index in [4.69, 9.17) is 16.3 Å². The van der Waals surface area contributed by atoms with Crippen molar-refractivity contribution in [3.8, 4) is 0 Å². The Balaban J connectivity index is 1.86. The molecule has 0 aliphatic carbocycles. The largest absolute Gasteiger partial charge is 0.453 e. The third-order valence-electron chi connectivity index (χ3n) is 3.69. The van der Waals surface area contributed by atoms with Crippen LogP contribution in [0.4, 0.5) is 18.9 Å². The van der Waals surface area contributed by atoms with Gasteiger partial charge in [0.1, 0.15) is 0 Å². The molecule has 9 heteroatoms. The lowest BCUT2D eigenvalue weighted by molar-refractivity contribution is -0.153. The first-order chi connectivity index (χ1) is 13.2. The first-order valence-corrected chi connectivity index (χ1v) is 8.49. The predicted molar refractivity (Wildman–Crippen MR) is 95.5 cm³/mol. The summed E-state index contributed by atoms with van der Waals surface area (Å²) in [7, 11) is 0. The van der Waals surface area contributed by atoms with Crippen LogP contribution >= 0.6 is 11.6 Å². The third-order valence-corrected chi connectivity index (χ3v) is 3.94. The van der Waals surface area contributed by atoms with Crippen molar-refractivity contribution in [2.24, 2.45) is 0 Å². The molecular formula is C19H15ClF3NO4. The Bertz CT molecular complexity index is 903. The molecule has 2 aromatic carbocycles. The van der Waals surface area contributed by atoms with Gasteiger partial charge >= 0.3 is 5.97 Å². The maximum atomic E-state index is 13.6. The van der Waals surface area contributed by atoms with Gasteiger partial charge in [-0.25, -0.2) is 13.2 Å². The Morgan fingerprint density at radius 2 is 1.64 bits per heavy atom. The van der Waals surface area contributed by atoms with Crippen LogP contribution < -0.4 is 5.32 Å². The van der Waals surface area contributed by atoms with E-state index in [9.17, 15) is 27.6 Å². The van der Waals surface area contributed by atoms with Crippen molar-refractivity contribution in [1.82, 2.24) is 0 Å². The number of ether oxygens (including phenoxy) is 1. The van der Waals surface area contributed by atoms with E-state index in [1.165, 1.54) is 31.2 Å². The smallest absolute Gasteiger partial charge is 0.307 e. The van der Waals surface area contributed by atoms with Crippen molar-refractivity contribution in [2.75, 3.05) is 5.32 Å². The monoisotopic (exact) mass is 413 g/mol. The van der Waals surface area contributed by atoms with Gasteiger partial charge in [-0.2, -0.15) is 0 Å². The average molecular weight is 414 g/mol. The van der Waals surface area contributed by atoms with E-state index < -0.39 is 41.1 Å². The normalized spacial score (nSPS) is 11.6. The highest BCUT2D eigenvalue weighted by Crippen LogP contribution is 2.20. The van der Waals surface area contributed by atoms with Crippen LogP contribution in [0, 0.1) is 17.5 Å². The van der Waals surface area contributed by atoms with Crippen LogP contribution in [0.1, 0.15) is 30.1 Å². The maximum Gasteiger partial charge on any atom is 0.307 e. The van der Waals surface area contributed by atoms with Crippen LogP contribution in [-0.2, 0) is 14.3 Å². The first kappa shape index (κ1) is 21.4. The van der Waals surface area contributed by atoms with Crippen LogP contribution in [-0.4, -0.2) is 23.8 Å². The van der Waals surface area contributed by atoms with E-state index in [1.54, 1.807) is 0 Å². The van der Waals surface area contributed by atoms with Gasteiger partial charge in [-0.1, -0.05) is 11.6 Å². The molecule has 148 valence electrons. The lowest BCUT2D eigenvalue weighted by Crippen LogP contribution is -2.30. The predicted octanol–water partition coefficient (Wildman–Crippen LogP) is 4.29. The fraction of sp³-hybridized carbons (Fsp3) is 0.211. The number of anilines is 1. The van der Waals surface area contributed by atoms with Gasteiger partial charge in [0.2, 0.25) is 0 Å². The van der Waals surface area contributed by atoms with E-state index in [0.717, 1.165) is 6.07 Å². The van der Waals surface area contributed by atoms with Gasteiger partial charge in [-0.3, -0.25) is 14.4 Å².